The number of aromatic nitrogens is 6. The molecule has 5 heterocycles. The topological polar surface area (TPSA) is 119 Å². The van der Waals surface area contributed by atoms with Crippen molar-refractivity contribution >= 4 is 39.3 Å². The van der Waals surface area contributed by atoms with Crippen LogP contribution in [-0.4, -0.2) is 74.7 Å². The Morgan fingerprint density at radius 3 is 2.76 bits per heavy atom. The third kappa shape index (κ3) is 4.63. The minimum atomic E-state index is -0.0835. The lowest BCUT2D eigenvalue weighted by molar-refractivity contribution is -0.116. The smallest absolute Gasteiger partial charge is 0.238 e. The summed E-state index contributed by atoms with van der Waals surface area (Å²) in [5.74, 6) is 1.55. The first kappa shape index (κ1) is 23.1. The molecule has 4 aromatic heterocycles. The largest absolute Gasteiger partial charge is 0.355 e. The lowest BCUT2D eigenvalue weighted by atomic mass is 10.0. The van der Waals surface area contributed by atoms with Crippen LogP contribution in [0.5, 0.6) is 0 Å². The van der Waals surface area contributed by atoms with Gasteiger partial charge in [-0.2, -0.15) is 5.10 Å². The minimum absolute atomic E-state index is 0.0835. The zero-order valence-electron chi connectivity index (χ0n) is 21.0. The number of hydrogen-bond acceptors (Lipinski definition) is 7. The second-order valence-corrected chi connectivity index (χ2v) is 9.74. The quantitative estimate of drug-likeness (QED) is 0.325. The molecule has 0 unspecified atom stereocenters. The number of nitrogens with one attached hydrogen (secondary N) is 3. The van der Waals surface area contributed by atoms with Crippen molar-refractivity contribution in [1.29, 1.82) is 0 Å². The summed E-state index contributed by atoms with van der Waals surface area (Å²) >= 11 is 0. The number of nitrogens with zero attached hydrogens (tertiary/aromatic N) is 6. The van der Waals surface area contributed by atoms with Crippen LogP contribution in [0.25, 0.3) is 44.6 Å². The van der Waals surface area contributed by atoms with Gasteiger partial charge >= 0.3 is 0 Å². The van der Waals surface area contributed by atoms with Crippen molar-refractivity contribution in [3.63, 3.8) is 0 Å². The molecule has 10 nitrogen and oxygen atoms in total. The second-order valence-electron chi connectivity index (χ2n) is 9.74. The number of piperidine rings is 1. The molecule has 0 bridgehead atoms. The molecule has 1 aliphatic heterocycles. The van der Waals surface area contributed by atoms with Gasteiger partial charge in [-0.25, -0.2) is 9.97 Å². The van der Waals surface area contributed by atoms with Crippen molar-refractivity contribution in [3.8, 4) is 22.6 Å². The van der Waals surface area contributed by atoms with Crippen LogP contribution in [0.15, 0.2) is 48.9 Å². The number of benzene rings is 1. The first-order valence-corrected chi connectivity index (χ1v) is 12.5. The molecule has 0 aliphatic carbocycles. The molecule has 188 valence electrons. The van der Waals surface area contributed by atoms with Gasteiger partial charge in [0, 0.05) is 36.4 Å². The van der Waals surface area contributed by atoms with E-state index in [4.69, 9.17) is 4.98 Å². The number of imidazole rings is 1. The van der Waals surface area contributed by atoms with E-state index in [1.54, 1.807) is 12.4 Å². The van der Waals surface area contributed by atoms with Crippen LogP contribution >= 0.6 is 0 Å². The summed E-state index contributed by atoms with van der Waals surface area (Å²) in [6, 6.07) is 9.99. The van der Waals surface area contributed by atoms with Crippen LogP contribution in [-0.2, 0) is 4.79 Å². The number of anilines is 2. The van der Waals surface area contributed by atoms with E-state index in [1.807, 2.05) is 49.5 Å². The van der Waals surface area contributed by atoms with Gasteiger partial charge in [0.15, 0.2) is 11.6 Å². The summed E-state index contributed by atoms with van der Waals surface area (Å²) in [5.41, 5.74) is 6.02. The van der Waals surface area contributed by atoms with Gasteiger partial charge in [-0.1, -0.05) is 6.07 Å². The molecule has 5 aromatic rings. The maximum atomic E-state index is 12.2. The molecule has 0 atom stereocenters. The Morgan fingerprint density at radius 2 is 1.92 bits per heavy atom. The molecule has 1 fully saturated rings. The number of fused-ring (bicyclic) bond motifs is 2. The highest BCUT2D eigenvalue weighted by Gasteiger charge is 2.20. The summed E-state index contributed by atoms with van der Waals surface area (Å²) in [6.45, 7) is 2.32. The van der Waals surface area contributed by atoms with Gasteiger partial charge in [-0.05, 0) is 63.2 Å². The minimum Gasteiger partial charge on any atom is -0.355 e. The fraction of sp³-hybridized carbons (Fsp3) is 0.296. The maximum absolute atomic E-state index is 12.2. The Balaban J connectivity index is 1.35. The molecule has 1 amide bonds. The van der Waals surface area contributed by atoms with Gasteiger partial charge in [0.1, 0.15) is 11.2 Å². The number of rotatable bonds is 6. The van der Waals surface area contributed by atoms with Crippen molar-refractivity contribution < 1.29 is 4.79 Å². The van der Waals surface area contributed by atoms with E-state index in [-0.39, 0.29) is 5.91 Å². The standard InChI is InChI=1S/C27H29N9O/c1-35(2)16-23(37)30-19-12-18(14-28-15-19)17-6-7-21-20(13-17)24(34-33-21)26-31-22-8-9-29-27(25(22)32-26)36-10-4-3-5-11-36/h6-9,12-15H,3-5,10-11,16H2,1-2H3,(H,30,37)(H,31,32)(H,33,34). The molecular weight excluding hydrogens is 466 g/mol. The summed E-state index contributed by atoms with van der Waals surface area (Å²) in [7, 11) is 3.72. The van der Waals surface area contributed by atoms with Gasteiger partial charge in [0.25, 0.3) is 0 Å². The Morgan fingerprint density at radius 1 is 1.05 bits per heavy atom. The first-order chi connectivity index (χ1) is 18.0. The number of H-pyrrole nitrogens is 2. The molecule has 1 saturated heterocycles. The van der Waals surface area contributed by atoms with Crippen LogP contribution < -0.4 is 10.2 Å². The zero-order valence-corrected chi connectivity index (χ0v) is 21.0. The van der Waals surface area contributed by atoms with Gasteiger partial charge in [-0.3, -0.25) is 14.9 Å². The normalized spacial score (nSPS) is 14.1. The Labute approximate surface area is 214 Å². The Bertz CT molecular complexity index is 1580. The van der Waals surface area contributed by atoms with Crippen LogP contribution in [0.1, 0.15) is 19.3 Å². The van der Waals surface area contributed by atoms with Crippen LogP contribution in [0.2, 0.25) is 0 Å². The monoisotopic (exact) mass is 495 g/mol. The van der Waals surface area contributed by atoms with E-state index >= 15 is 0 Å². The molecule has 0 saturated carbocycles. The van der Waals surface area contributed by atoms with E-state index in [1.165, 1.54) is 19.3 Å². The summed E-state index contributed by atoms with van der Waals surface area (Å²) in [4.78, 5) is 33.8. The predicted octanol–water partition coefficient (Wildman–Crippen LogP) is 4.05. The molecule has 0 spiro atoms. The Kier molecular flexibility index (Phi) is 6.01. The molecular formula is C27H29N9O. The van der Waals surface area contributed by atoms with E-state index in [0.29, 0.717) is 18.1 Å². The molecule has 0 radical (unpaired) electrons. The number of pyridine rings is 2. The van der Waals surface area contributed by atoms with Gasteiger partial charge < -0.3 is 20.1 Å². The van der Waals surface area contributed by atoms with Crippen LogP contribution in [0.3, 0.4) is 0 Å². The fourth-order valence-corrected chi connectivity index (χ4v) is 4.90. The zero-order chi connectivity index (χ0) is 25.4. The highest BCUT2D eigenvalue weighted by molar-refractivity contribution is 5.97. The van der Waals surface area contributed by atoms with Crippen LogP contribution in [0, 0.1) is 0 Å². The van der Waals surface area contributed by atoms with Gasteiger partial charge in [-0.15, -0.1) is 0 Å². The van der Waals surface area contributed by atoms with Crippen molar-refractivity contribution in [2.75, 3.05) is 43.9 Å². The van der Waals surface area contributed by atoms with E-state index in [2.05, 4.69) is 41.4 Å². The van der Waals surface area contributed by atoms with Crippen molar-refractivity contribution in [2.24, 2.45) is 0 Å². The fourth-order valence-electron chi connectivity index (χ4n) is 4.90. The predicted molar refractivity (Wildman–Crippen MR) is 145 cm³/mol. The molecule has 1 aliphatic rings. The molecule has 37 heavy (non-hydrogen) atoms. The molecule has 1 aromatic carbocycles. The van der Waals surface area contributed by atoms with E-state index in [9.17, 15) is 4.79 Å². The first-order valence-electron chi connectivity index (χ1n) is 12.5. The lowest BCUT2D eigenvalue weighted by Crippen LogP contribution is -2.30. The number of aromatic amines is 2. The number of carbonyl (C=O) groups is 1. The highest BCUT2D eigenvalue weighted by atomic mass is 16.2. The third-order valence-electron chi connectivity index (χ3n) is 6.64. The number of hydrogen-bond donors (Lipinski definition) is 3. The second kappa shape index (κ2) is 9.62. The van der Waals surface area contributed by atoms with Crippen molar-refractivity contribution in [1.82, 2.24) is 35.0 Å². The van der Waals surface area contributed by atoms with Crippen molar-refractivity contribution in [3.05, 3.63) is 48.9 Å². The maximum Gasteiger partial charge on any atom is 0.238 e. The van der Waals surface area contributed by atoms with Crippen LogP contribution in [0.4, 0.5) is 11.5 Å². The van der Waals surface area contributed by atoms with Gasteiger partial charge in [0.2, 0.25) is 5.91 Å². The molecule has 6 rings (SSSR count). The average Bonchev–Trinajstić information content (AvgIpc) is 3.52. The van der Waals surface area contributed by atoms with Crippen molar-refractivity contribution in [2.45, 2.75) is 19.3 Å². The average molecular weight is 496 g/mol. The SMILES string of the molecule is CN(C)CC(=O)Nc1cncc(-c2ccc3[nH]nc(-c4nc5c(N6CCCCC6)nccc5[nH]4)c3c2)c1. The third-order valence-corrected chi connectivity index (χ3v) is 6.64. The lowest BCUT2D eigenvalue weighted by Gasteiger charge is -2.27. The number of likely N-dealkylation sites (N-methyl/N-ethyl adjacent to an activating group) is 1. The van der Waals surface area contributed by atoms with E-state index in [0.717, 1.165) is 57.7 Å². The summed E-state index contributed by atoms with van der Waals surface area (Å²) in [5, 5.41) is 11.6. The highest BCUT2D eigenvalue weighted by Crippen LogP contribution is 2.32. The van der Waals surface area contributed by atoms with Gasteiger partial charge in [0.05, 0.1) is 29.5 Å². The molecule has 3 N–H and O–H groups in total. The summed E-state index contributed by atoms with van der Waals surface area (Å²) < 4.78 is 0. The van der Waals surface area contributed by atoms with E-state index < -0.39 is 0 Å². The Hall–Kier alpha value is -4.31. The number of carbonyl (C=O) groups excluding carboxylic acids is 1. The number of amides is 1. The molecule has 10 heteroatoms. The summed E-state index contributed by atoms with van der Waals surface area (Å²) in [6.07, 6.45) is 8.91.